The number of ether oxygens (including phenoxy) is 1. The second-order valence-electron chi connectivity index (χ2n) is 4.33. The zero-order chi connectivity index (χ0) is 14.5. The minimum Gasteiger partial charge on any atom is -0.489 e. The van der Waals surface area contributed by atoms with Crippen LogP contribution in [0.25, 0.3) is 0 Å². The van der Waals surface area contributed by atoms with Gasteiger partial charge in [0, 0.05) is 6.07 Å². The molecule has 2 aromatic rings. The van der Waals surface area contributed by atoms with Crippen molar-refractivity contribution < 1.29 is 9.66 Å². The molecule has 2 aromatic carbocycles. The number of benzene rings is 2. The van der Waals surface area contributed by atoms with Gasteiger partial charge in [-0.2, -0.15) is 0 Å². The van der Waals surface area contributed by atoms with E-state index in [0.29, 0.717) is 11.1 Å². The number of hydrogen-bond donors (Lipinski definition) is 0. The van der Waals surface area contributed by atoms with E-state index >= 15 is 0 Å². The monoisotopic (exact) mass is 335 g/mol. The van der Waals surface area contributed by atoms with Crippen molar-refractivity contribution in [1.82, 2.24) is 0 Å². The summed E-state index contributed by atoms with van der Waals surface area (Å²) in [4.78, 5) is 10.5. The van der Waals surface area contributed by atoms with E-state index in [1.54, 1.807) is 12.1 Å². The SMILES string of the molecule is CCc1cccc(OCc2ccc(Br)c([N+](=O)[O-])c2)c1. The summed E-state index contributed by atoms with van der Waals surface area (Å²) in [5, 5.41) is 10.9. The van der Waals surface area contributed by atoms with Gasteiger partial charge >= 0.3 is 0 Å². The van der Waals surface area contributed by atoms with Crippen LogP contribution in [0.1, 0.15) is 18.1 Å². The largest absolute Gasteiger partial charge is 0.489 e. The van der Waals surface area contributed by atoms with E-state index in [0.717, 1.165) is 17.7 Å². The normalized spacial score (nSPS) is 10.3. The van der Waals surface area contributed by atoms with Crippen LogP contribution in [0.4, 0.5) is 5.69 Å². The summed E-state index contributed by atoms with van der Waals surface area (Å²) in [6.45, 7) is 2.39. The average molecular weight is 336 g/mol. The Morgan fingerprint density at radius 2 is 2.00 bits per heavy atom. The lowest BCUT2D eigenvalue weighted by Gasteiger charge is -2.08. The third-order valence-corrected chi connectivity index (χ3v) is 3.59. The van der Waals surface area contributed by atoms with Gasteiger partial charge in [-0.05, 0) is 51.7 Å². The van der Waals surface area contributed by atoms with E-state index in [1.807, 2.05) is 24.3 Å². The summed E-state index contributed by atoms with van der Waals surface area (Å²) >= 11 is 3.16. The number of rotatable bonds is 5. The van der Waals surface area contributed by atoms with Crippen LogP contribution < -0.4 is 4.74 Å². The molecule has 0 saturated heterocycles. The molecule has 0 amide bonds. The Labute approximate surface area is 125 Å². The Bertz CT molecular complexity index is 628. The van der Waals surface area contributed by atoms with Crippen LogP contribution in [-0.4, -0.2) is 4.92 Å². The minimum atomic E-state index is -0.411. The molecule has 0 aliphatic rings. The molecule has 104 valence electrons. The van der Waals surface area contributed by atoms with Gasteiger partial charge in [-0.25, -0.2) is 0 Å². The van der Waals surface area contributed by atoms with Gasteiger partial charge < -0.3 is 4.74 Å². The second kappa shape index (κ2) is 6.52. The first-order valence-corrected chi connectivity index (χ1v) is 7.04. The van der Waals surface area contributed by atoms with E-state index in [1.165, 1.54) is 11.6 Å². The van der Waals surface area contributed by atoms with Gasteiger partial charge in [0.05, 0.1) is 9.40 Å². The molecule has 20 heavy (non-hydrogen) atoms. The molecular weight excluding hydrogens is 322 g/mol. The number of nitrogens with zero attached hydrogens (tertiary/aromatic N) is 1. The van der Waals surface area contributed by atoms with E-state index in [9.17, 15) is 10.1 Å². The second-order valence-corrected chi connectivity index (χ2v) is 5.19. The van der Waals surface area contributed by atoms with Gasteiger partial charge in [0.25, 0.3) is 5.69 Å². The predicted octanol–water partition coefficient (Wildman–Crippen LogP) is 4.50. The van der Waals surface area contributed by atoms with Crippen molar-refractivity contribution >= 4 is 21.6 Å². The summed E-state index contributed by atoms with van der Waals surface area (Å²) < 4.78 is 6.14. The molecule has 0 aliphatic carbocycles. The number of nitro groups is 1. The first-order valence-electron chi connectivity index (χ1n) is 6.24. The Morgan fingerprint density at radius 1 is 1.20 bits per heavy atom. The average Bonchev–Trinajstić information content (AvgIpc) is 2.46. The third-order valence-electron chi connectivity index (χ3n) is 2.92. The zero-order valence-electron chi connectivity index (χ0n) is 11.0. The molecule has 0 aliphatic heterocycles. The summed E-state index contributed by atoms with van der Waals surface area (Å²) in [6, 6.07) is 12.8. The Hall–Kier alpha value is -1.88. The minimum absolute atomic E-state index is 0.0495. The highest BCUT2D eigenvalue weighted by atomic mass is 79.9. The molecule has 0 saturated carbocycles. The van der Waals surface area contributed by atoms with Crippen molar-refractivity contribution in [3.8, 4) is 5.75 Å². The maximum Gasteiger partial charge on any atom is 0.283 e. The van der Waals surface area contributed by atoms with Crippen molar-refractivity contribution in [3.63, 3.8) is 0 Å². The van der Waals surface area contributed by atoms with Crippen LogP contribution >= 0.6 is 15.9 Å². The lowest BCUT2D eigenvalue weighted by molar-refractivity contribution is -0.385. The first-order chi connectivity index (χ1) is 9.60. The molecule has 0 atom stereocenters. The Morgan fingerprint density at radius 3 is 2.70 bits per heavy atom. The molecule has 0 spiro atoms. The van der Waals surface area contributed by atoms with Crippen molar-refractivity contribution in [2.24, 2.45) is 0 Å². The smallest absolute Gasteiger partial charge is 0.283 e. The van der Waals surface area contributed by atoms with Crippen molar-refractivity contribution in [2.75, 3.05) is 0 Å². The fraction of sp³-hybridized carbons (Fsp3) is 0.200. The summed E-state index contributed by atoms with van der Waals surface area (Å²) in [7, 11) is 0. The van der Waals surface area contributed by atoms with E-state index < -0.39 is 4.92 Å². The van der Waals surface area contributed by atoms with E-state index in [4.69, 9.17) is 4.74 Å². The summed E-state index contributed by atoms with van der Waals surface area (Å²) in [5.41, 5.74) is 2.01. The van der Waals surface area contributed by atoms with E-state index in [2.05, 4.69) is 22.9 Å². The van der Waals surface area contributed by atoms with Crippen molar-refractivity contribution in [3.05, 3.63) is 68.2 Å². The lowest BCUT2D eigenvalue weighted by atomic mass is 10.1. The molecule has 4 nitrogen and oxygen atoms in total. The highest BCUT2D eigenvalue weighted by molar-refractivity contribution is 9.10. The molecular formula is C15H14BrNO3. The van der Waals surface area contributed by atoms with Crippen molar-refractivity contribution in [1.29, 1.82) is 0 Å². The highest BCUT2D eigenvalue weighted by Crippen LogP contribution is 2.26. The van der Waals surface area contributed by atoms with Crippen LogP contribution in [0.5, 0.6) is 5.75 Å². The molecule has 0 radical (unpaired) electrons. The molecule has 0 bridgehead atoms. The van der Waals surface area contributed by atoms with Crippen LogP contribution in [0.2, 0.25) is 0 Å². The lowest BCUT2D eigenvalue weighted by Crippen LogP contribution is -1.98. The van der Waals surface area contributed by atoms with Gasteiger partial charge in [-0.1, -0.05) is 25.1 Å². The number of aryl methyl sites for hydroxylation is 1. The summed E-state index contributed by atoms with van der Waals surface area (Å²) in [6.07, 6.45) is 0.945. The topological polar surface area (TPSA) is 52.4 Å². The van der Waals surface area contributed by atoms with Gasteiger partial charge in [0.15, 0.2) is 0 Å². The number of halogens is 1. The Balaban J connectivity index is 2.10. The quantitative estimate of drug-likeness (QED) is 0.597. The van der Waals surface area contributed by atoms with Crippen LogP contribution in [-0.2, 0) is 13.0 Å². The molecule has 2 rings (SSSR count). The zero-order valence-corrected chi connectivity index (χ0v) is 12.6. The van der Waals surface area contributed by atoms with Gasteiger partial charge in [-0.3, -0.25) is 10.1 Å². The summed E-state index contributed by atoms with van der Waals surface area (Å²) in [5.74, 6) is 0.773. The molecule has 0 aromatic heterocycles. The van der Waals surface area contributed by atoms with Gasteiger partial charge in [0.2, 0.25) is 0 Å². The maximum absolute atomic E-state index is 10.9. The Kier molecular flexibility index (Phi) is 4.74. The van der Waals surface area contributed by atoms with E-state index in [-0.39, 0.29) is 5.69 Å². The third kappa shape index (κ3) is 3.57. The molecule has 0 fully saturated rings. The number of nitro benzene ring substituents is 1. The first kappa shape index (κ1) is 14.5. The fourth-order valence-corrected chi connectivity index (χ4v) is 2.20. The van der Waals surface area contributed by atoms with Crippen LogP contribution in [0.15, 0.2) is 46.9 Å². The maximum atomic E-state index is 10.9. The van der Waals surface area contributed by atoms with Crippen LogP contribution in [0, 0.1) is 10.1 Å². The van der Waals surface area contributed by atoms with Gasteiger partial charge in [0.1, 0.15) is 12.4 Å². The highest BCUT2D eigenvalue weighted by Gasteiger charge is 2.12. The molecule has 0 unspecified atom stereocenters. The van der Waals surface area contributed by atoms with Gasteiger partial charge in [-0.15, -0.1) is 0 Å². The fourth-order valence-electron chi connectivity index (χ4n) is 1.81. The molecule has 0 N–H and O–H groups in total. The van der Waals surface area contributed by atoms with Crippen LogP contribution in [0.3, 0.4) is 0 Å². The predicted molar refractivity (Wildman–Crippen MR) is 80.9 cm³/mol. The standard InChI is InChI=1S/C15H14BrNO3/c1-2-11-4-3-5-13(8-11)20-10-12-6-7-14(16)15(9-12)17(18)19/h3-9H,2,10H2,1H3. The number of hydrogen-bond acceptors (Lipinski definition) is 3. The molecule has 0 heterocycles. The van der Waals surface area contributed by atoms with Crippen molar-refractivity contribution in [2.45, 2.75) is 20.0 Å². The molecule has 5 heteroatoms.